The summed E-state index contributed by atoms with van der Waals surface area (Å²) in [5.74, 6) is 2.03. The lowest BCUT2D eigenvalue weighted by molar-refractivity contribution is 0.368. The second-order valence-corrected chi connectivity index (χ2v) is 6.55. The van der Waals surface area contributed by atoms with E-state index in [0.717, 1.165) is 34.7 Å². The van der Waals surface area contributed by atoms with Crippen molar-refractivity contribution in [2.75, 3.05) is 7.05 Å². The van der Waals surface area contributed by atoms with E-state index in [0.29, 0.717) is 19.0 Å². The van der Waals surface area contributed by atoms with Gasteiger partial charge in [-0.1, -0.05) is 47.1 Å². The van der Waals surface area contributed by atoms with Crippen molar-refractivity contribution in [1.29, 1.82) is 0 Å². The number of rotatable bonds is 7. The highest BCUT2D eigenvalue weighted by atomic mass is 79.9. The van der Waals surface area contributed by atoms with Gasteiger partial charge in [-0.25, -0.2) is 0 Å². The highest BCUT2D eigenvalue weighted by molar-refractivity contribution is 9.10. The van der Waals surface area contributed by atoms with Crippen molar-refractivity contribution < 1.29 is 4.52 Å². The molecule has 0 unspecified atom stereocenters. The summed E-state index contributed by atoms with van der Waals surface area (Å²) in [6.07, 6.45) is 2.15. The van der Waals surface area contributed by atoms with Gasteiger partial charge in [0.15, 0.2) is 11.7 Å². The van der Waals surface area contributed by atoms with E-state index in [1.165, 1.54) is 5.56 Å². The monoisotopic (exact) mass is 392 g/mol. The third-order valence-corrected chi connectivity index (χ3v) is 4.54. The maximum atomic E-state index is 5.42. The fraction of sp³-hybridized carbons (Fsp3) is 0.444. The summed E-state index contributed by atoms with van der Waals surface area (Å²) < 4.78 is 6.50. The Labute approximate surface area is 152 Å². The van der Waals surface area contributed by atoms with E-state index in [4.69, 9.17) is 4.52 Å². The Hall–Kier alpha value is -1.82. The molecule has 0 saturated heterocycles. The molecule has 2 N–H and O–H groups in total. The molecule has 0 saturated carbocycles. The lowest BCUT2D eigenvalue weighted by atomic mass is 9.99. The van der Waals surface area contributed by atoms with Crippen LogP contribution in [-0.4, -0.2) is 18.2 Å². The van der Waals surface area contributed by atoms with E-state index in [2.05, 4.69) is 62.7 Å². The molecule has 0 aliphatic carbocycles. The second-order valence-electron chi connectivity index (χ2n) is 5.64. The molecular formula is C18H25BrN4O. The Morgan fingerprint density at radius 3 is 2.46 bits per heavy atom. The Morgan fingerprint density at radius 2 is 1.83 bits per heavy atom. The Morgan fingerprint density at radius 1 is 1.17 bits per heavy atom. The highest BCUT2D eigenvalue weighted by Gasteiger charge is 2.13. The van der Waals surface area contributed by atoms with Gasteiger partial charge in [0.1, 0.15) is 0 Å². The van der Waals surface area contributed by atoms with Gasteiger partial charge in [-0.05, 0) is 30.5 Å². The lowest BCUT2D eigenvalue weighted by Gasteiger charge is -2.10. The minimum atomic E-state index is 0.470. The number of hydrogen-bond donors (Lipinski definition) is 2. The maximum absolute atomic E-state index is 5.42. The van der Waals surface area contributed by atoms with Gasteiger partial charge in [-0.15, -0.1) is 0 Å². The van der Waals surface area contributed by atoms with Crippen LogP contribution < -0.4 is 10.6 Å². The van der Waals surface area contributed by atoms with Crippen LogP contribution in [-0.2, 0) is 13.1 Å². The average Bonchev–Trinajstić information content (AvgIpc) is 3.06. The Balaban J connectivity index is 1.84. The first kappa shape index (κ1) is 18.5. The molecule has 5 nitrogen and oxygen atoms in total. The van der Waals surface area contributed by atoms with Crippen LogP contribution in [0.5, 0.6) is 0 Å². The largest absolute Gasteiger partial charge is 0.359 e. The van der Waals surface area contributed by atoms with Gasteiger partial charge in [-0.2, -0.15) is 0 Å². The molecule has 2 aromatic rings. The van der Waals surface area contributed by atoms with Crippen molar-refractivity contribution in [3.63, 3.8) is 0 Å². The standard InChI is InChI=1S/C18H25BrN4O/c1-4-14(5-2)17-10-16(24-23-17)12-22-18(20-3)21-11-13-6-8-15(19)9-7-13/h6-10,14H,4-5,11-12H2,1-3H3,(H2,20,21,22). The molecule has 2 rings (SSSR count). The van der Waals surface area contributed by atoms with Crippen LogP contribution in [0, 0.1) is 0 Å². The third-order valence-electron chi connectivity index (χ3n) is 4.01. The zero-order valence-electron chi connectivity index (χ0n) is 14.5. The molecule has 130 valence electrons. The maximum Gasteiger partial charge on any atom is 0.191 e. The fourth-order valence-corrected chi connectivity index (χ4v) is 2.76. The molecule has 0 bridgehead atoms. The summed E-state index contributed by atoms with van der Waals surface area (Å²) in [4.78, 5) is 4.23. The number of nitrogens with zero attached hydrogens (tertiary/aromatic N) is 2. The van der Waals surface area contributed by atoms with Crippen molar-refractivity contribution >= 4 is 21.9 Å². The first-order chi connectivity index (χ1) is 11.7. The van der Waals surface area contributed by atoms with Crippen LogP contribution >= 0.6 is 15.9 Å². The van der Waals surface area contributed by atoms with Gasteiger partial charge in [0.25, 0.3) is 0 Å². The molecule has 0 fully saturated rings. The van der Waals surface area contributed by atoms with Gasteiger partial charge < -0.3 is 15.2 Å². The summed E-state index contributed by atoms with van der Waals surface area (Å²) >= 11 is 3.44. The van der Waals surface area contributed by atoms with Crippen LogP contribution in [0.25, 0.3) is 0 Å². The van der Waals surface area contributed by atoms with Crippen molar-refractivity contribution in [3.05, 3.63) is 51.8 Å². The van der Waals surface area contributed by atoms with Crippen LogP contribution in [0.4, 0.5) is 0 Å². The normalized spacial score (nSPS) is 11.8. The minimum Gasteiger partial charge on any atom is -0.359 e. The summed E-state index contributed by atoms with van der Waals surface area (Å²) in [6.45, 7) is 5.62. The van der Waals surface area contributed by atoms with E-state index < -0.39 is 0 Å². The number of hydrogen-bond acceptors (Lipinski definition) is 3. The molecule has 1 aromatic heterocycles. The Kier molecular flexibility index (Phi) is 7.31. The van der Waals surface area contributed by atoms with Crippen molar-refractivity contribution in [1.82, 2.24) is 15.8 Å². The predicted molar refractivity (Wildman–Crippen MR) is 101 cm³/mol. The third kappa shape index (κ3) is 5.37. The summed E-state index contributed by atoms with van der Waals surface area (Å²) in [5.41, 5.74) is 2.23. The smallest absolute Gasteiger partial charge is 0.191 e. The predicted octanol–water partition coefficient (Wildman–Crippen LogP) is 4.21. The van der Waals surface area contributed by atoms with E-state index >= 15 is 0 Å². The molecule has 24 heavy (non-hydrogen) atoms. The van der Waals surface area contributed by atoms with Crippen molar-refractivity contribution in [3.8, 4) is 0 Å². The van der Waals surface area contributed by atoms with E-state index in [1.807, 2.05) is 18.2 Å². The number of aromatic nitrogens is 1. The van der Waals surface area contributed by atoms with Gasteiger partial charge in [-0.3, -0.25) is 4.99 Å². The SMILES string of the molecule is CCC(CC)c1cc(CNC(=NC)NCc2ccc(Br)cc2)on1. The topological polar surface area (TPSA) is 62.5 Å². The number of aliphatic imine (C=N–C) groups is 1. The zero-order chi connectivity index (χ0) is 17.4. The van der Waals surface area contributed by atoms with Gasteiger partial charge in [0.05, 0.1) is 12.2 Å². The van der Waals surface area contributed by atoms with Crippen LogP contribution in [0.2, 0.25) is 0 Å². The number of guanidine groups is 1. The van der Waals surface area contributed by atoms with Crippen LogP contribution in [0.15, 0.2) is 44.3 Å². The Bertz CT molecular complexity index is 647. The van der Waals surface area contributed by atoms with E-state index in [9.17, 15) is 0 Å². The molecule has 0 aliphatic rings. The lowest BCUT2D eigenvalue weighted by Crippen LogP contribution is -2.36. The molecule has 0 aliphatic heterocycles. The van der Waals surface area contributed by atoms with Crippen molar-refractivity contribution in [2.45, 2.75) is 45.7 Å². The first-order valence-corrected chi connectivity index (χ1v) is 9.10. The fourth-order valence-electron chi connectivity index (χ4n) is 2.49. The van der Waals surface area contributed by atoms with E-state index in [-0.39, 0.29) is 0 Å². The van der Waals surface area contributed by atoms with E-state index in [1.54, 1.807) is 7.05 Å². The minimum absolute atomic E-state index is 0.470. The number of nitrogens with one attached hydrogen (secondary N) is 2. The van der Waals surface area contributed by atoms with Crippen LogP contribution in [0.3, 0.4) is 0 Å². The summed E-state index contributed by atoms with van der Waals surface area (Å²) in [5, 5.41) is 10.7. The molecule has 0 atom stereocenters. The van der Waals surface area contributed by atoms with Gasteiger partial charge in [0.2, 0.25) is 0 Å². The molecule has 0 amide bonds. The van der Waals surface area contributed by atoms with Gasteiger partial charge >= 0.3 is 0 Å². The summed E-state index contributed by atoms with van der Waals surface area (Å²) in [6, 6.07) is 10.2. The number of benzene rings is 1. The molecule has 1 heterocycles. The zero-order valence-corrected chi connectivity index (χ0v) is 16.1. The van der Waals surface area contributed by atoms with Crippen LogP contribution in [0.1, 0.15) is 49.6 Å². The second kappa shape index (κ2) is 9.47. The first-order valence-electron chi connectivity index (χ1n) is 8.30. The summed E-state index contributed by atoms with van der Waals surface area (Å²) in [7, 11) is 1.76. The molecule has 0 radical (unpaired) electrons. The molecule has 6 heteroatoms. The molecule has 0 spiro atoms. The number of halogens is 1. The quantitative estimate of drug-likeness (QED) is 0.547. The molecule has 1 aromatic carbocycles. The average molecular weight is 393 g/mol. The highest BCUT2D eigenvalue weighted by Crippen LogP contribution is 2.22. The molecular weight excluding hydrogens is 368 g/mol. The van der Waals surface area contributed by atoms with Crippen molar-refractivity contribution in [2.24, 2.45) is 4.99 Å². The van der Waals surface area contributed by atoms with Gasteiger partial charge in [0, 0.05) is 30.0 Å².